The van der Waals surface area contributed by atoms with Gasteiger partial charge in [0, 0.05) is 0 Å². The highest BCUT2D eigenvalue weighted by atomic mass is 19.4. The molecule has 0 fully saturated rings. The van der Waals surface area contributed by atoms with Gasteiger partial charge < -0.3 is 4.74 Å². The fourth-order valence-electron chi connectivity index (χ4n) is 0.521. The zero-order valence-electron chi connectivity index (χ0n) is 7.20. The van der Waals surface area contributed by atoms with E-state index < -0.39 is 11.9 Å². The van der Waals surface area contributed by atoms with Crippen LogP contribution in [0.3, 0.4) is 0 Å². The average molecular weight is 180 g/mol. The SMILES string of the molecule is COC(=CC=C(C)C)C(F)(F)F. The standard InChI is InChI=1S/C8H11F3O/c1-6(2)4-5-7(12-3)8(9,10)11/h4-5H,1-3H3. The number of methoxy groups -OCH3 is 1. The second-order valence-electron chi connectivity index (χ2n) is 2.48. The van der Waals surface area contributed by atoms with Crippen molar-refractivity contribution in [3.63, 3.8) is 0 Å². The van der Waals surface area contributed by atoms with Crippen molar-refractivity contribution in [3.05, 3.63) is 23.5 Å². The minimum absolute atomic E-state index is 0.786. The Labute approximate surface area is 69.5 Å². The summed E-state index contributed by atoms with van der Waals surface area (Å²) in [7, 11) is 0.998. The Hall–Kier alpha value is -0.930. The van der Waals surface area contributed by atoms with Crippen LogP contribution in [0.4, 0.5) is 13.2 Å². The summed E-state index contributed by atoms with van der Waals surface area (Å²) in [6.07, 6.45) is -2.14. The Morgan fingerprint density at radius 3 is 1.92 bits per heavy atom. The molecule has 0 aromatic carbocycles. The van der Waals surface area contributed by atoms with E-state index in [4.69, 9.17) is 0 Å². The van der Waals surface area contributed by atoms with E-state index in [0.29, 0.717) is 0 Å². The first kappa shape index (κ1) is 11.1. The number of ether oxygens (including phenoxy) is 1. The lowest BCUT2D eigenvalue weighted by Gasteiger charge is -2.08. The summed E-state index contributed by atoms with van der Waals surface area (Å²) in [5.41, 5.74) is 0.786. The highest BCUT2D eigenvalue weighted by Crippen LogP contribution is 2.25. The Bertz CT molecular complexity index is 197. The largest absolute Gasteiger partial charge is 0.492 e. The highest BCUT2D eigenvalue weighted by molar-refractivity contribution is 5.14. The van der Waals surface area contributed by atoms with Gasteiger partial charge in [-0.1, -0.05) is 11.6 Å². The van der Waals surface area contributed by atoms with E-state index in [1.54, 1.807) is 13.8 Å². The van der Waals surface area contributed by atoms with Gasteiger partial charge in [-0.05, 0) is 19.9 Å². The number of hydrogen-bond acceptors (Lipinski definition) is 1. The molecular formula is C8H11F3O. The van der Waals surface area contributed by atoms with Crippen LogP contribution in [0.15, 0.2) is 23.5 Å². The van der Waals surface area contributed by atoms with Gasteiger partial charge in [0.2, 0.25) is 0 Å². The van der Waals surface area contributed by atoms with Gasteiger partial charge >= 0.3 is 6.18 Å². The maximum absolute atomic E-state index is 11.9. The maximum atomic E-state index is 11.9. The quantitative estimate of drug-likeness (QED) is 0.468. The molecule has 0 atom stereocenters. The van der Waals surface area contributed by atoms with Gasteiger partial charge in [0.05, 0.1) is 7.11 Å². The van der Waals surface area contributed by atoms with E-state index in [1.807, 2.05) is 0 Å². The molecule has 0 aromatic rings. The van der Waals surface area contributed by atoms with Crippen LogP contribution in [0.5, 0.6) is 0 Å². The minimum Gasteiger partial charge on any atom is -0.492 e. The molecule has 0 aliphatic carbocycles. The van der Waals surface area contributed by atoms with Crippen molar-refractivity contribution in [2.45, 2.75) is 20.0 Å². The summed E-state index contributed by atoms with van der Waals surface area (Å²) < 4.78 is 40.0. The molecule has 0 N–H and O–H groups in total. The summed E-state index contributed by atoms with van der Waals surface area (Å²) in [5.74, 6) is -0.983. The van der Waals surface area contributed by atoms with E-state index in [-0.39, 0.29) is 0 Å². The van der Waals surface area contributed by atoms with Crippen LogP contribution in [0.2, 0.25) is 0 Å². The normalized spacial score (nSPS) is 12.7. The Morgan fingerprint density at radius 1 is 1.17 bits per heavy atom. The third-order valence-electron chi connectivity index (χ3n) is 1.07. The number of alkyl halides is 3. The third-order valence-corrected chi connectivity index (χ3v) is 1.07. The van der Waals surface area contributed by atoms with E-state index in [1.165, 1.54) is 6.08 Å². The average Bonchev–Trinajstić information content (AvgIpc) is 1.85. The molecule has 0 spiro atoms. The fourth-order valence-corrected chi connectivity index (χ4v) is 0.521. The maximum Gasteiger partial charge on any atom is 0.448 e. The first-order chi connectivity index (χ1) is 5.38. The van der Waals surface area contributed by atoms with Gasteiger partial charge in [0.15, 0.2) is 5.76 Å². The minimum atomic E-state index is -4.40. The lowest BCUT2D eigenvalue weighted by molar-refractivity contribution is -0.125. The van der Waals surface area contributed by atoms with Crippen molar-refractivity contribution < 1.29 is 17.9 Å². The Balaban J connectivity index is 4.57. The molecule has 70 valence electrons. The molecule has 0 heterocycles. The molecule has 0 saturated heterocycles. The predicted octanol–water partition coefficient (Wildman–Crippen LogP) is 3.05. The van der Waals surface area contributed by atoms with Crippen LogP contribution >= 0.6 is 0 Å². The Kier molecular flexibility index (Phi) is 3.86. The van der Waals surface area contributed by atoms with Crippen LogP contribution < -0.4 is 0 Å². The molecule has 0 rings (SSSR count). The second kappa shape index (κ2) is 4.18. The van der Waals surface area contributed by atoms with Crippen molar-refractivity contribution >= 4 is 0 Å². The van der Waals surface area contributed by atoms with Crippen LogP contribution in [0.25, 0.3) is 0 Å². The number of rotatable bonds is 2. The summed E-state index contributed by atoms with van der Waals surface area (Å²) in [4.78, 5) is 0. The van der Waals surface area contributed by atoms with Crippen LogP contribution in [0, 0.1) is 0 Å². The molecule has 0 bridgehead atoms. The van der Waals surface area contributed by atoms with Gasteiger partial charge in [-0.2, -0.15) is 13.2 Å². The lowest BCUT2D eigenvalue weighted by Crippen LogP contribution is -2.12. The van der Waals surface area contributed by atoms with E-state index >= 15 is 0 Å². The summed E-state index contributed by atoms with van der Waals surface area (Å²) in [6, 6.07) is 0. The first-order valence-electron chi connectivity index (χ1n) is 3.34. The lowest BCUT2D eigenvalue weighted by atomic mass is 10.3. The topological polar surface area (TPSA) is 9.23 Å². The van der Waals surface area contributed by atoms with Gasteiger partial charge in [-0.15, -0.1) is 0 Å². The zero-order chi connectivity index (χ0) is 9.78. The second-order valence-corrected chi connectivity index (χ2v) is 2.48. The van der Waals surface area contributed by atoms with E-state index in [9.17, 15) is 13.2 Å². The summed E-state index contributed by atoms with van der Waals surface area (Å²) in [6.45, 7) is 3.42. The van der Waals surface area contributed by atoms with Gasteiger partial charge in [0.1, 0.15) is 0 Å². The molecular weight excluding hydrogens is 169 g/mol. The number of halogens is 3. The van der Waals surface area contributed by atoms with Gasteiger partial charge in [-0.3, -0.25) is 0 Å². The first-order valence-corrected chi connectivity index (χ1v) is 3.34. The fraction of sp³-hybridized carbons (Fsp3) is 0.500. The molecule has 0 aromatic heterocycles. The molecule has 0 amide bonds. The van der Waals surface area contributed by atoms with Crippen LogP contribution in [-0.2, 0) is 4.74 Å². The molecule has 4 heteroatoms. The van der Waals surface area contributed by atoms with E-state index in [0.717, 1.165) is 18.8 Å². The van der Waals surface area contributed by atoms with Crippen molar-refractivity contribution in [3.8, 4) is 0 Å². The van der Waals surface area contributed by atoms with Crippen molar-refractivity contribution in [2.24, 2.45) is 0 Å². The third kappa shape index (κ3) is 4.05. The zero-order valence-corrected chi connectivity index (χ0v) is 7.20. The molecule has 1 nitrogen and oxygen atoms in total. The molecule has 0 aliphatic heterocycles. The van der Waals surface area contributed by atoms with Gasteiger partial charge in [0.25, 0.3) is 0 Å². The molecule has 0 unspecified atom stereocenters. The van der Waals surface area contributed by atoms with Gasteiger partial charge in [-0.25, -0.2) is 0 Å². The summed E-state index contributed by atoms with van der Waals surface area (Å²) >= 11 is 0. The molecule has 0 aliphatic rings. The van der Waals surface area contributed by atoms with Crippen LogP contribution in [-0.4, -0.2) is 13.3 Å². The smallest absolute Gasteiger partial charge is 0.448 e. The molecule has 12 heavy (non-hydrogen) atoms. The van der Waals surface area contributed by atoms with Crippen molar-refractivity contribution in [2.75, 3.05) is 7.11 Å². The number of allylic oxidation sites excluding steroid dienone is 4. The van der Waals surface area contributed by atoms with Crippen LogP contribution in [0.1, 0.15) is 13.8 Å². The number of hydrogen-bond donors (Lipinski definition) is 0. The predicted molar refractivity (Wildman–Crippen MR) is 40.6 cm³/mol. The van der Waals surface area contributed by atoms with Crippen molar-refractivity contribution in [1.29, 1.82) is 0 Å². The summed E-state index contributed by atoms with van der Waals surface area (Å²) in [5, 5.41) is 0. The van der Waals surface area contributed by atoms with E-state index in [2.05, 4.69) is 4.74 Å². The highest BCUT2D eigenvalue weighted by Gasteiger charge is 2.34. The Morgan fingerprint density at radius 2 is 1.67 bits per heavy atom. The molecule has 0 radical (unpaired) electrons. The van der Waals surface area contributed by atoms with Crippen molar-refractivity contribution in [1.82, 2.24) is 0 Å². The molecule has 0 saturated carbocycles. The monoisotopic (exact) mass is 180 g/mol.